The summed E-state index contributed by atoms with van der Waals surface area (Å²) < 4.78 is 30.7. The van der Waals surface area contributed by atoms with Gasteiger partial charge in [0.15, 0.2) is 10.9 Å². The number of halogens is 2. The van der Waals surface area contributed by atoms with Gasteiger partial charge >= 0.3 is 6.61 Å². The SMILES string of the molecule is CC(=O)c1ccc(NC(=O)CSc2nc3ccccc3c(=O)n2-c2ccc(OC(F)F)cc2)cc1. The Morgan fingerprint density at radius 1 is 1.03 bits per heavy atom. The first-order valence-corrected chi connectivity index (χ1v) is 11.4. The number of para-hydroxylation sites is 1. The van der Waals surface area contributed by atoms with Crippen LogP contribution < -0.4 is 15.6 Å². The molecular weight excluding hydrogens is 476 g/mol. The fourth-order valence-electron chi connectivity index (χ4n) is 3.33. The molecule has 7 nitrogen and oxygen atoms in total. The summed E-state index contributed by atoms with van der Waals surface area (Å²) in [5.41, 5.74) is 1.55. The highest BCUT2D eigenvalue weighted by atomic mass is 32.2. The van der Waals surface area contributed by atoms with Crippen molar-refractivity contribution in [2.24, 2.45) is 0 Å². The van der Waals surface area contributed by atoms with Crippen molar-refractivity contribution in [3.63, 3.8) is 0 Å². The number of carbonyl (C=O) groups is 2. The second kappa shape index (κ2) is 10.5. The van der Waals surface area contributed by atoms with Crippen molar-refractivity contribution in [3.8, 4) is 11.4 Å². The number of ketones is 1. The van der Waals surface area contributed by atoms with Crippen molar-refractivity contribution in [1.29, 1.82) is 0 Å². The van der Waals surface area contributed by atoms with E-state index in [4.69, 9.17) is 0 Å². The largest absolute Gasteiger partial charge is 0.435 e. The highest BCUT2D eigenvalue weighted by Gasteiger charge is 2.15. The van der Waals surface area contributed by atoms with E-state index in [0.29, 0.717) is 27.8 Å². The Morgan fingerprint density at radius 3 is 2.37 bits per heavy atom. The van der Waals surface area contributed by atoms with Gasteiger partial charge in [-0.05, 0) is 67.6 Å². The topological polar surface area (TPSA) is 90.3 Å². The summed E-state index contributed by atoms with van der Waals surface area (Å²) in [7, 11) is 0. The highest BCUT2D eigenvalue weighted by molar-refractivity contribution is 7.99. The van der Waals surface area contributed by atoms with E-state index in [1.54, 1.807) is 48.5 Å². The van der Waals surface area contributed by atoms with Crippen molar-refractivity contribution in [3.05, 3.63) is 88.7 Å². The van der Waals surface area contributed by atoms with Gasteiger partial charge in [-0.1, -0.05) is 23.9 Å². The number of fused-ring (bicyclic) bond motifs is 1. The lowest BCUT2D eigenvalue weighted by Gasteiger charge is -2.14. The van der Waals surface area contributed by atoms with E-state index in [-0.39, 0.29) is 33.9 Å². The zero-order valence-electron chi connectivity index (χ0n) is 18.4. The number of carbonyl (C=O) groups excluding carboxylic acids is 2. The molecule has 1 heterocycles. The smallest absolute Gasteiger partial charge is 0.387 e. The molecule has 3 aromatic carbocycles. The summed E-state index contributed by atoms with van der Waals surface area (Å²) in [4.78, 5) is 41.8. The van der Waals surface area contributed by atoms with Gasteiger partial charge in [0.2, 0.25) is 5.91 Å². The standard InChI is InChI=1S/C25H19F2N3O4S/c1-15(31)16-6-8-17(9-7-16)28-22(32)14-35-25-29-21-5-3-2-4-20(21)23(33)30(25)18-10-12-19(13-11-18)34-24(26)27/h2-13,24H,14H2,1H3,(H,28,32). The van der Waals surface area contributed by atoms with Crippen molar-refractivity contribution in [2.75, 3.05) is 11.1 Å². The predicted octanol–water partition coefficient (Wildman–Crippen LogP) is 4.92. The zero-order chi connectivity index (χ0) is 24.9. The van der Waals surface area contributed by atoms with Gasteiger partial charge in [0.1, 0.15) is 5.75 Å². The summed E-state index contributed by atoms with van der Waals surface area (Å²) in [6.07, 6.45) is 0. The number of alkyl halides is 2. The lowest BCUT2D eigenvalue weighted by Crippen LogP contribution is -2.23. The number of hydrogen-bond donors (Lipinski definition) is 1. The molecule has 10 heteroatoms. The van der Waals surface area contributed by atoms with E-state index < -0.39 is 6.61 Å². The van der Waals surface area contributed by atoms with Gasteiger partial charge in [-0.25, -0.2) is 4.98 Å². The fraction of sp³-hybridized carbons (Fsp3) is 0.120. The molecular formula is C25H19F2N3O4S. The van der Waals surface area contributed by atoms with Gasteiger partial charge in [-0.2, -0.15) is 8.78 Å². The van der Waals surface area contributed by atoms with E-state index in [1.807, 2.05) is 0 Å². The second-order valence-electron chi connectivity index (χ2n) is 7.39. The van der Waals surface area contributed by atoms with Crippen molar-refractivity contribution >= 4 is 40.0 Å². The number of thioether (sulfide) groups is 1. The molecule has 35 heavy (non-hydrogen) atoms. The van der Waals surface area contributed by atoms with Gasteiger partial charge in [-0.15, -0.1) is 0 Å². The number of nitrogens with zero attached hydrogens (tertiary/aromatic N) is 2. The number of aromatic nitrogens is 2. The predicted molar refractivity (Wildman–Crippen MR) is 130 cm³/mol. The Morgan fingerprint density at radius 2 is 1.71 bits per heavy atom. The second-order valence-corrected chi connectivity index (χ2v) is 8.34. The molecule has 4 rings (SSSR count). The first-order valence-electron chi connectivity index (χ1n) is 10.4. The maximum atomic E-state index is 13.3. The molecule has 0 aliphatic heterocycles. The molecule has 0 bridgehead atoms. The Kier molecular flexibility index (Phi) is 7.21. The third kappa shape index (κ3) is 5.72. The number of Topliss-reactive ketones (excluding diaryl/α,β-unsaturated/α-hetero) is 1. The summed E-state index contributed by atoms with van der Waals surface area (Å²) in [5, 5.41) is 3.38. The number of hydrogen-bond acceptors (Lipinski definition) is 6. The molecule has 0 radical (unpaired) electrons. The molecule has 1 amide bonds. The molecule has 1 N–H and O–H groups in total. The molecule has 0 fully saturated rings. The molecule has 0 aliphatic carbocycles. The average molecular weight is 496 g/mol. The highest BCUT2D eigenvalue weighted by Crippen LogP contribution is 2.24. The minimum atomic E-state index is -2.96. The van der Waals surface area contributed by atoms with Crippen molar-refractivity contribution < 1.29 is 23.1 Å². The molecule has 0 spiro atoms. The summed E-state index contributed by atoms with van der Waals surface area (Å²) in [5.74, 6) is -0.506. The van der Waals surface area contributed by atoms with Gasteiger partial charge < -0.3 is 10.1 Å². The zero-order valence-corrected chi connectivity index (χ0v) is 19.2. The Hall–Kier alpha value is -4.05. The molecule has 1 aromatic heterocycles. The van der Waals surface area contributed by atoms with Gasteiger partial charge in [0.05, 0.1) is 22.3 Å². The minimum absolute atomic E-state index is 0.0464. The lowest BCUT2D eigenvalue weighted by molar-refractivity contribution is -0.113. The third-order valence-electron chi connectivity index (χ3n) is 4.97. The number of ether oxygens (including phenoxy) is 1. The van der Waals surface area contributed by atoms with Crippen molar-refractivity contribution in [2.45, 2.75) is 18.7 Å². The number of rotatable bonds is 8. The van der Waals surface area contributed by atoms with E-state index in [1.165, 1.54) is 35.8 Å². The fourth-order valence-corrected chi connectivity index (χ4v) is 4.14. The Bertz CT molecular complexity index is 1440. The number of benzene rings is 3. The Labute approximate surface area is 202 Å². The van der Waals surface area contributed by atoms with E-state index in [2.05, 4.69) is 15.0 Å². The molecule has 0 unspecified atom stereocenters. The number of nitrogens with one attached hydrogen (secondary N) is 1. The molecule has 0 aliphatic rings. The first-order chi connectivity index (χ1) is 16.8. The lowest BCUT2D eigenvalue weighted by atomic mass is 10.1. The van der Waals surface area contributed by atoms with E-state index in [0.717, 1.165) is 11.8 Å². The molecule has 0 saturated heterocycles. The summed E-state index contributed by atoms with van der Waals surface area (Å²) in [6.45, 7) is -1.51. The van der Waals surface area contributed by atoms with Gasteiger partial charge in [0.25, 0.3) is 5.56 Å². The van der Waals surface area contributed by atoms with Crippen LogP contribution in [0.25, 0.3) is 16.6 Å². The van der Waals surface area contributed by atoms with E-state index >= 15 is 0 Å². The average Bonchev–Trinajstić information content (AvgIpc) is 2.83. The number of anilines is 1. The van der Waals surface area contributed by atoms with Gasteiger partial charge in [-0.3, -0.25) is 19.0 Å². The maximum Gasteiger partial charge on any atom is 0.387 e. The molecule has 0 atom stereocenters. The summed E-state index contributed by atoms with van der Waals surface area (Å²) in [6, 6.07) is 18.9. The van der Waals surface area contributed by atoms with Crippen LogP contribution in [-0.2, 0) is 4.79 Å². The number of amides is 1. The van der Waals surface area contributed by atoms with E-state index in [9.17, 15) is 23.2 Å². The Balaban J connectivity index is 1.60. The van der Waals surface area contributed by atoms with Crippen LogP contribution in [0, 0.1) is 0 Å². The molecule has 0 saturated carbocycles. The van der Waals surface area contributed by atoms with Crippen LogP contribution in [0.2, 0.25) is 0 Å². The maximum absolute atomic E-state index is 13.3. The molecule has 178 valence electrons. The quantitative estimate of drug-likeness (QED) is 0.212. The molecule has 4 aromatic rings. The van der Waals surface area contributed by atoms with Gasteiger partial charge in [0, 0.05) is 11.3 Å². The van der Waals surface area contributed by atoms with Crippen LogP contribution in [0.3, 0.4) is 0 Å². The minimum Gasteiger partial charge on any atom is -0.435 e. The van der Waals surface area contributed by atoms with Crippen LogP contribution >= 0.6 is 11.8 Å². The monoisotopic (exact) mass is 495 g/mol. The van der Waals surface area contributed by atoms with Crippen LogP contribution in [0.1, 0.15) is 17.3 Å². The third-order valence-corrected chi connectivity index (χ3v) is 5.91. The van der Waals surface area contributed by atoms with Crippen LogP contribution in [0.4, 0.5) is 14.5 Å². The summed E-state index contributed by atoms with van der Waals surface area (Å²) >= 11 is 1.06. The normalized spacial score (nSPS) is 11.0. The van der Waals surface area contributed by atoms with Crippen LogP contribution in [0.5, 0.6) is 5.75 Å². The first kappa shape index (κ1) is 24.1. The van der Waals surface area contributed by atoms with Crippen molar-refractivity contribution in [1.82, 2.24) is 9.55 Å². The van der Waals surface area contributed by atoms with Crippen LogP contribution in [0.15, 0.2) is 82.7 Å². The van der Waals surface area contributed by atoms with Crippen LogP contribution in [-0.4, -0.2) is 33.6 Å².